The number of hydrogen-bond donors (Lipinski definition) is 2. The van der Waals surface area contributed by atoms with Crippen LogP contribution in [0.3, 0.4) is 0 Å². The van der Waals surface area contributed by atoms with Crippen LogP contribution in [0.15, 0.2) is 54.3 Å². The van der Waals surface area contributed by atoms with Gasteiger partial charge in [-0.05, 0) is 89.7 Å². The first-order valence-corrected chi connectivity index (χ1v) is 15.6. The van der Waals surface area contributed by atoms with Crippen LogP contribution in [0.4, 0.5) is 0 Å². The summed E-state index contributed by atoms with van der Waals surface area (Å²) in [7, 11) is 0. The van der Waals surface area contributed by atoms with Crippen LogP contribution in [0.25, 0.3) is 0 Å². The van der Waals surface area contributed by atoms with Gasteiger partial charge in [0, 0.05) is 40.5 Å². The zero-order chi connectivity index (χ0) is 31.4. The fraction of sp³-hybridized carbons (Fsp3) is 0.379. The molecule has 224 valence electrons. The first kappa shape index (κ1) is 35.5. The molecule has 0 aliphatic heterocycles. The molecule has 0 aromatic heterocycles. The lowest BCUT2D eigenvalue weighted by molar-refractivity contribution is -0.131. The number of carbonyl (C=O) groups excluding carboxylic acids is 2. The highest BCUT2D eigenvalue weighted by atomic mass is 79.9. The first-order chi connectivity index (χ1) is 19.0. The van der Waals surface area contributed by atoms with Crippen molar-refractivity contribution < 1.29 is 38.7 Å². The van der Waals surface area contributed by atoms with Crippen molar-refractivity contribution in [3.63, 3.8) is 0 Å². The van der Waals surface area contributed by atoms with Gasteiger partial charge in [-0.1, -0.05) is 40.9 Å². The van der Waals surface area contributed by atoms with E-state index >= 15 is 0 Å². The molecule has 0 saturated heterocycles. The maximum Gasteiger partial charge on any atom is 0.338 e. The van der Waals surface area contributed by atoms with Gasteiger partial charge in [0.2, 0.25) is 0 Å². The number of rotatable bonds is 12. The Labute approximate surface area is 273 Å². The average molecular weight is 828 g/mol. The molecule has 0 amide bonds. The second kappa shape index (κ2) is 14.7. The predicted octanol–water partition coefficient (Wildman–Crippen LogP) is 8.24. The lowest BCUT2D eigenvalue weighted by atomic mass is 9.77. The second-order valence-corrected chi connectivity index (χ2v) is 13.0. The third-order valence-corrected chi connectivity index (χ3v) is 8.52. The number of halogens is 4. The zero-order valence-electron chi connectivity index (χ0n) is 23.5. The van der Waals surface area contributed by atoms with E-state index in [2.05, 4.69) is 76.9 Å². The van der Waals surface area contributed by atoms with Crippen LogP contribution >= 0.6 is 63.7 Å². The van der Waals surface area contributed by atoms with Gasteiger partial charge in [0.05, 0.1) is 8.95 Å². The Bertz CT molecular complexity index is 1270. The molecular formula is C29H32Br4O8. The molecule has 0 saturated carbocycles. The smallest absolute Gasteiger partial charge is 0.338 e. The average Bonchev–Trinajstić information content (AvgIpc) is 2.90. The third kappa shape index (κ3) is 8.23. The molecule has 0 aliphatic rings. The molecule has 0 spiro atoms. The number of hydrogen-bond acceptors (Lipinski definition) is 8. The van der Waals surface area contributed by atoms with Gasteiger partial charge in [-0.2, -0.15) is 0 Å². The van der Waals surface area contributed by atoms with Crippen LogP contribution in [0, 0.1) is 0 Å². The number of aliphatic hydroxyl groups is 2. The highest BCUT2D eigenvalue weighted by Gasteiger charge is 2.37. The van der Waals surface area contributed by atoms with Crippen molar-refractivity contribution in [1.29, 1.82) is 0 Å². The Morgan fingerprint density at radius 1 is 0.756 bits per heavy atom. The third-order valence-electron chi connectivity index (χ3n) is 5.90. The van der Waals surface area contributed by atoms with Gasteiger partial charge in [-0.25, -0.2) is 9.59 Å². The lowest BCUT2D eigenvalue weighted by Crippen LogP contribution is -2.26. The molecule has 0 aliphatic carbocycles. The molecule has 0 bridgehead atoms. The number of benzene rings is 2. The number of aliphatic hydroxyl groups excluding tert-OH is 2. The summed E-state index contributed by atoms with van der Waals surface area (Å²) in [6, 6.07) is 3.42. The second-order valence-electron chi connectivity index (χ2n) is 9.68. The van der Waals surface area contributed by atoms with E-state index in [9.17, 15) is 19.8 Å². The predicted molar refractivity (Wildman–Crippen MR) is 171 cm³/mol. The van der Waals surface area contributed by atoms with Gasteiger partial charge in [-0.3, -0.25) is 0 Å². The molecule has 2 atom stereocenters. The Morgan fingerprint density at radius 2 is 1.07 bits per heavy atom. The molecule has 8 nitrogen and oxygen atoms in total. The Morgan fingerprint density at radius 3 is 1.34 bits per heavy atom. The van der Waals surface area contributed by atoms with Crippen LogP contribution in [0.1, 0.15) is 65.5 Å². The summed E-state index contributed by atoms with van der Waals surface area (Å²) in [5.41, 5.74) is 0.542. The standard InChI is InChI=1S/C29H32Br4O8/c1-9-19(34)38-23-15(11-17(30)25(21(23)32)40-27(36)13(3)4)29(7,8)16-12-18(31)26(41-28(37)14(5)6)22(33)24(16)39-20(35)10-2/h11-12,19-20,34-35H,3,5,9-10H2,1-2,4,6-8H3. The van der Waals surface area contributed by atoms with E-state index in [1.54, 1.807) is 26.0 Å². The molecule has 0 fully saturated rings. The van der Waals surface area contributed by atoms with Gasteiger partial charge in [0.15, 0.2) is 24.1 Å². The molecule has 2 unspecified atom stereocenters. The van der Waals surface area contributed by atoms with E-state index in [0.29, 0.717) is 20.1 Å². The molecule has 12 heteroatoms. The first-order valence-electron chi connectivity index (χ1n) is 12.5. The summed E-state index contributed by atoms with van der Waals surface area (Å²) in [5.74, 6) is -0.584. The van der Waals surface area contributed by atoms with Crippen molar-refractivity contribution in [3.05, 3.63) is 65.5 Å². The van der Waals surface area contributed by atoms with Gasteiger partial charge in [0.1, 0.15) is 20.4 Å². The van der Waals surface area contributed by atoms with E-state index in [4.69, 9.17) is 18.9 Å². The minimum atomic E-state index is -1.17. The molecule has 2 aromatic rings. The van der Waals surface area contributed by atoms with Crippen molar-refractivity contribution >= 4 is 75.7 Å². The van der Waals surface area contributed by atoms with Crippen LogP contribution in [0.5, 0.6) is 23.0 Å². The van der Waals surface area contributed by atoms with Gasteiger partial charge in [-0.15, -0.1) is 0 Å². The zero-order valence-corrected chi connectivity index (χ0v) is 29.8. The van der Waals surface area contributed by atoms with E-state index in [1.165, 1.54) is 13.8 Å². The van der Waals surface area contributed by atoms with Crippen LogP contribution in [-0.2, 0) is 15.0 Å². The Hall–Kier alpha value is -1.70. The summed E-state index contributed by atoms with van der Waals surface area (Å²) in [6.45, 7) is 17.6. The highest BCUT2D eigenvalue weighted by Crippen LogP contribution is 2.53. The van der Waals surface area contributed by atoms with Crippen molar-refractivity contribution in [3.8, 4) is 23.0 Å². The van der Waals surface area contributed by atoms with Gasteiger partial charge >= 0.3 is 11.9 Å². The van der Waals surface area contributed by atoms with Crippen LogP contribution in [0.2, 0.25) is 0 Å². The minimum Gasteiger partial charge on any atom is -0.464 e. The van der Waals surface area contributed by atoms with E-state index < -0.39 is 29.9 Å². The topological polar surface area (TPSA) is 112 Å². The Kier molecular flexibility index (Phi) is 12.7. The minimum absolute atomic E-state index is 0.137. The molecule has 41 heavy (non-hydrogen) atoms. The fourth-order valence-electron chi connectivity index (χ4n) is 3.46. The van der Waals surface area contributed by atoms with Crippen LogP contribution in [-0.4, -0.2) is 34.7 Å². The molecule has 0 radical (unpaired) electrons. The normalized spacial score (nSPS) is 12.8. The monoisotopic (exact) mass is 824 g/mol. The summed E-state index contributed by atoms with van der Waals surface area (Å²) in [4.78, 5) is 24.7. The summed E-state index contributed by atoms with van der Waals surface area (Å²) < 4.78 is 24.4. The number of esters is 2. The maximum absolute atomic E-state index is 12.4. The van der Waals surface area contributed by atoms with Gasteiger partial charge in [0.25, 0.3) is 0 Å². The lowest BCUT2D eigenvalue weighted by Gasteiger charge is -2.33. The maximum atomic E-state index is 12.4. The van der Waals surface area contributed by atoms with E-state index in [1.807, 2.05) is 13.8 Å². The van der Waals surface area contributed by atoms with Crippen molar-refractivity contribution in [1.82, 2.24) is 0 Å². The fourth-order valence-corrected chi connectivity index (χ4v) is 6.21. The molecule has 2 rings (SSSR count). The Balaban J connectivity index is 2.92. The van der Waals surface area contributed by atoms with Crippen molar-refractivity contribution in [2.24, 2.45) is 0 Å². The molecule has 0 heterocycles. The van der Waals surface area contributed by atoms with Crippen molar-refractivity contribution in [2.45, 2.75) is 72.4 Å². The van der Waals surface area contributed by atoms with E-state index in [-0.39, 0.29) is 55.9 Å². The summed E-state index contributed by atoms with van der Waals surface area (Å²) in [6.07, 6.45) is -1.79. The quantitative estimate of drug-likeness (QED) is 0.0954. The molecular weight excluding hydrogens is 796 g/mol. The number of carbonyl (C=O) groups is 2. The summed E-state index contributed by atoms with van der Waals surface area (Å²) in [5, 5.41) is 21.0. The largest absolute Gasteiger partial charge is 0.464 e. The van der Waals surface area contributed by atoms with Gasteiger partial charge < -0.3 is 29.2 Å². The summed E-state index contributed by atoms with van der Waals surface area (Å²) >= 11 is 14.0. The van der Waals surface area contributed by atoms with E-state index in [0.717, 1.165) is 0 Å². The van der Waals surface area contributed by atoms with Crippen LogP contribution < -0.4 is 18.9 Å². The van der Waals surface area contributed by atoms with Crippen molar-refractivity contribution in [2.75, 3.05) is 0 Å². The SMILES string of the molecule is C=C(C)C(=O)Oc1c(Br)cc(C(C)(C)c2cc(Br)c(OC(=O)C(=C)C)c(Br)c2OC(O)CC)c(OC(O)CC)c1Br. The molecule has 2 aromatic carbocycles. The number of ether oxygens (including phenoxy) is 4. The molecule has 2 N–H and O–H groups in total. The highest BCUT2D eigenvalue weighted by molar-refractivity contribution is 9.11.